The summed E-state index contributed by atoms with van der Waals surface area (Å²) in [6.07, 6.45) is 5.30. The Balaban J connectivity index is 1.96. The standard InChI is InChI=1S/C18H29N5O2/c1-13(2)14(3)21-16(24)12-25-22-17(19)15-8-7-9-20-18(15)23-10-5-4-6-11-23/h7-9,13-14H,4-6,10-12H2,1-3H3,(H2,19,22)(H,21,24). The van der Waals surface area contributed by atoms with Crippen molar-refractivity contribution in [2.75, 3.05) is 24.6 Å². The van der Waals surface area contributed by atoms with E-state index in [1.165, 1.54) is 6.42 Å². The Hall–Kier alpha value is -2.31. The maximum atomic E-state index is 11.8. The summed E-state index contributed by atoms with van der Waals surface area (Å²) >= 11 is 0. The zero-order chi connectivity index (χ0) is 18.2. The largest absolute Gasteiger partial charge is 0.384 e. The van der Waals surface area contributed by atoms with Crippen molar-refractivity contribution in [3.8, 4) is 0 Å². The van der Waals surface area contributed by atoms with Crippen LogP contribution in [0.2, 0.25) is 0 Å². The average molecular weight is 347 g/mol. The highest BCUT2D eigenvalue weighted by Gasteiger charge is 2.17. The van der Waals surface area contributed by atoms with Gasteiger partial charge in [-0.1, -0.05) is 19.0 Å². The predicted molar refractivity (Wildman–Crippen MR) is 99.4 cm³/mol. The van der Waals surface area contributed by atoms with Crippen LogP contribution >= 0.6 is 0 Å². The summed E-state index contributed by atoms with van der Waals surface area (Å²) in [6, 6.07) is 3.78. The number of rotatable bonds is 7. The smallest absolute Gasteiger partial charge is 0.260 e. The minimum atomic E-state index is -0.208. The van der Waals surface area contributed by atoms with E-state index in [1.807, 2.05) is 32.9 Å². The molecule has 2 heterocycles. The lowest BCUT2D eigenvalue weighted by Gasteiger charge is -2.29. The first-order chi connectivity index (χ1) is 12.0. The van der Waals surface area contributed by atoms with Gasteiger partial charge in [-0.25, -0.2) is 4.98 Å². The molecular weight excluding hydrogens is 318 g/mol. The van der Waals surface area contributed by atoms with E-state index < -0.39 is 0 Å². The number of oxime groups is 1. The third-order valence-electron chi connectivity index (χ3n) is 4.47. The second-order valence-corrected chi connectivity index (χ2v) is 6.77. The molecule has 7 heteroatoms. The van der Waals surface area contributed by atoms with Crippen LogP contribution in [0.5, 0.6) is 0 Å². The number of carbonyl (C=O) groups excluding carboxylic acids is 1. The van der Waals surface area contributed by atoms with Gasteiger partial charge < -0.3 is 20.8 Å². The second-order valence-electron chi connectivity index (χ2n) is 6.77. The number of nitrogens with two attached hydrogens (primary N) is 1. The summed E-state index contributed by atoms with van der Waals surface area (Å²) in [7, 11) is 0. The number of anilines is 1. The Morgan fingerprint density at radius 2 is 2.08 bits per heavy atom. The maximum absolute atomic E-state index is 11.8. The van der Waals surface area contributed by atoms with Gasteiger partial charge in [0.15, 0.2) is 12.4 Å². The van der Waals surface area contributed by atoms with Gasteiger partial charge in [0.05, 0.1) is 5.56 Å². The molecule has 3 N–H and O–H groups in total. The van der Waals surface area contributed by atoms with E-state index in [1.54, 1.807) is 6.20 Å². The molecule has 138 valence electrons. The molecule has 1 aromatic heterocycles. The average Bonchev–Trinajstić information content (AvgIpc) is 2.62. The van der Waals surface area contributed by atoms with Crippen molar-refractivity contribution in [1.29, 1.82) is 0 Å². The van der Waals surface area contributed by atoms with Gasteiger partial charge >= 0.3 is 0 Å². The first-order valence-corrected chi connectivity index (χ1v) is 8.94. The Labute approximate surface area is 149 Å². The van der Waals surface area contributed by atoms with Gasteiger partial charge in [0.1, 0.15) is 5.82 Å². The third-order valence-corrected chi connectivity index (χ3v) is 4.47. The van der Waals surface area contributed by atoms with Crippen molar-refractivity contribution >= 4 is 17.6 Å². The third kappa shape index (κ3) is 5.62. The summed E-state index contributed by atoms with van der Waals surface area (Å²) in [5, 5.41) is 6.77. The molecule has 0 saturated carbocycles. The number of nitrogens with one attached hydrogen (secondary N) is 1. The van der Waals surface area contributed by atoms with Crippen molar-refractivity contribution in [3.05, 3.63) is 23.9 Å². The molecule has 1 fully saturated rings. The van der Waals surface area contributed by atoms with E-state index in [2.05, 4.69) is 20.4 Å². The van der Waals surface area contributed by atoms with Gasteiger partial charge in [0.25, 0.3) is 5.91 Å². The van der Waals surface area contributed by atoms with E-state index in [4.69, 9.17) is 10.6 Å². The second kappa shape index (κ2) is 9.25. The van der Waals surface area contributed by atoms with Crippen LogP contribution in [0.3, 0.4) is 0 Å². The number of nitrogens with zero attached hydrogens (tertiary/aromatic N) is 3. The monoisotopic (exact) mass is 347 g/mol. The molecular formula is C18H29N5O2. The van der Waals surface area contributed by atoms with Gasteiger partial charge in [-0.15, -0.1) is 0 Å². The highest BCUT2D eigenvalue weighted by Crippen LogP contribution is 2.21. The molecule has 1 unspecified atom stereocenters. The van der Waals surface area contributed by atoms with Crippen LogP contribution in [0.1, 0.15) is 45.6 Å². The van der Waals surface area contributed by atoms with Crippen LogP contribution < -0.4 is 16.0 Å². The van der Waals surface area contributed by atoms with Crippen molar-refractivity contribution in [1.82, 2.24) is 10.3 Å². The van der Waals surface area contributed by atoms with Crippen molar-refractivity contribution in [3.63, 3.8) is 0 Å². The molecule has 1 aromatic rings. The Morgan fingerprint density at radius 1 is 1.36 bits per heavy atom. The molecule has 0 bridgehead atoms. The molecule has 1 aliphatic rings. The van der Waals surface area contributed by atoms with Gasteiger partial charge in [-0.05, 0) is 44.2 Å². The fraction of sp³-hybridized carbons (Fsp3) is 0.611. The SMILES string of the molecule is CC(C)C(C)NC(=O)CO/N=C(\N)c1cccnc1N1CCCCC1. The summed E-state index contributed by atoms with van der Waals surface area (Å²) in [6.45, 7) is 7.83. The Morgan fingerprint density at radius 3 is 2.76 bits per heavy atom. The minimum Gasteiger partial charge on any atom is -0.384 e. The molecule has 1 aliphatic heterocycles. The zero-order valence-electron chi connectivity index (χ0n) is 15.4. The number of amides is 1. The highest BCUT2D eigenvalue weighted by molar-refractivity contribution is 6.01. The number of hydrogen-bond donors (Lipinski definition) is 2. The number of hydrogen-bond acceptors (Lipinski definition) is 5. The van der Waals surface area contributed by atoms with E-state index >= 15 is 0 Å². The molecule has 25 heavy (non-hydrogen) atoms. The van der Waals surface area contributed by atoms with Gasteiger partial charge in [-0.3, -0.25) is 4.79 Å². The highest BCUT2D eigenvalue weighted by atomic mass is 16.6. The van der Waals surface area contributed by atoms with Gasteiger partial charge in [0, 0.05) is 25.3 Å². The molecule has 2 rings (SSSR count). The lowest BCUT2D eigenvalue weighted by Crippen LogP contribution is -2.38. The normalized spacial score (nSPS) is 16.6. The fourth-order valence-electron chi connectivity index (χ4n) is 2.63. The van der Waals surface area contributed by atoms with Crippen LogP contribution in [0.15, 0.2) is 23.5 Å². The summed E-state index contributed by atoms with van der Waals surface area (Å²) < 4.78 is 0. The Kier molecular flexibility index (Phi) is 7.03. The number of amidine groups is 1. The Bertz CT molecular complexity index is 597. The molecule has 0 spiro atoms. The van der Waals surface area contributed by atoms with Crippen LogP contribution in [0, 0.1) is 5.92 Å². The minimum absolute atomic E-state index is 0.0847. The van der Waals surface area contributed by atoms with Crippen LogP contribution in [0.25, 0.3) is 0 Å². The van der Waals surface area contributed by atoms with E-state index in [0.29, 0.717) is 5.92 Å². The van der Waals surface area contributed by atoms with Crippen LogP contribution in [-0.2, 0) is 9.63 Å². The first-order valence-electron chi connectivity index (χ1n) is 8.94. The summed E-state index contributed by atoms with van der Waals surface area (Å²) in [5.74, 6) is 1.21. The van der Waals surface area contributed by atoms with E-state index in [0.717, 1.165) is 37.3 Å². The topological polar surface area (TPSA) is 92.8 Å². The zero-order valence-corrected chi connectivity index (χ0v) is 15.4. The molecule has 1 atom stereocenters. The quantitative estimate of drug-likeness (QED) is 0.446. The van der Waals surface area contributed by atoms with Crippen molar-refractivity contribution in [2.45, 2.75) is 46.1 Å². The molecule has 0 aliphatic carbocycles. The van der Waals surface area contributed by atoms with Crippen molar-refractivity contribution < 1.29 is 9.63 Å². The molecule has 1 saturated heterocycles. The number of carbonyl (C=O) groups is 1. The lowest BCUT2D eigenvalue weighted by atomic mass is 10.1. The number of pyridine rings is 1. The summed E-state index contributed by atoms with van der Waals surface area (Å²) in [4.78, 5) is 23.6. The van der Waals surface area contributed by atoms with Gasteiger partial charge in [0.2, 0.25) is 0 Å². The molecule has 7 nitrogen and oxygen atoms in total. The van der Waals surface area contributed by atoms with Crippen LogP contribution in [0.4, 0.5) is 5.82 Å². The van der Waals surface area contributed by atoms with E-state index in [9.17, 15) is 4.79 Å². The first kappa shape index (κ1) is 19.0. The molecule has 0 radical (unpaired) electrons. The number of piperidine rings is 1. The lowest BCUT2D eigenvalue weighted by molar-refractivity contribution is -0.126. The van der Waals surface area contributed by atoms with Gasteiger partial charge in [-0.2, -0.15) is 0 Å². The number of aromatic nitrogens is 1. The van der Waals surface area contributed by atoms with Crippen LogP contribution in [-0.4, -0.2) is 42.5 Å². The fourth-order valence-corrected chi connectivity index (χ4v) is 2.63. The van der Waals surface area contributed by atoms with E-state index in [-0.39, 0.29) is 24.4 Å². The molecule has 0 aromatic carbocycles. The molecule has 1 amide bonds. The maximum Gasteiger partial charge on any atom is 0.260 e. The summed E-state index contributed by atoms with van der Waals surface area (Å²) in [5.41, 5.74) is 6.80. The predicted octanol–water partition coefficient (Wildman–Crippen LogP) is 1.87. The van der Waals surface area contributed by atoms with Crippen molar-refractivity contribution in [2.24, 2.45) is 16.8 Å².